The van der Waals surface area contributed by atoms with E-state index >= 15 is 0 Å². The predicted molar refractivity (Wildman–Crippen MR) is 43.2 cm³/mol. The Labute approximate surface area is 68.2 Å². The van der Waals surface area contributed by atoms with Gasteiger partial charge in [0.25, 0.3) is 0 Å². The lowest BCUT2D eigenvalue weighted by Crippen LogP contribution is -1.94. The molecule has 3 heteroatoms. The van der Waals surface area contributed by atoms with Gasteiger partial charge in [0.05, 0.1) is 11.8 Å². The fourth-order valence-electron chi connectivity index (χ4n) is 1.09. The molecule has 1 heterocycles. The summed E-state index contributed by atoms with van der Waals surface area (Å²) in [7, 11) is 0. The van der Waals surface area contributed by atoms with E-state index in [1.54, 1.807) is 18.2 Å². The van der Waals surface area contributed by atoms with Crippen LogP contribution in [0.5, 0.6) is 0 Å². The summed E-state index contributed by atoms with van der Waals surface area (Å²) in [6.45, 7) is 0. The van der Waals surface area contributed by atoms with Crippen LogP contribution in [-0.4, -0.2) is 11.1 Å². The molecule has 12 heavy (non-hydrogen) atoms. The molecule has 1 N–H and O–H groups in total. The van der Waals surface area contributed by atoms with Gasteiger partial charge in [-0.3, -0.25) is 0 Å². The molecule has 0 saturated heterocycles. The monoisotopic (exact) mass is 162 g/mol. The Morgan fingerprint density at radius 1 is 1.33 bits per heavy atom. The van der Waals surface area contributed by atoms with Crippen LogP contribution in [0.2, 0.25) is 0 Å². The Bertz CT molecular complexity index is 428. The van der Waals surface area contributed by atoms with Gasteiger partial charge in [0.2, 0.25) is 0 Å². The SMILES string of the molecule is O=C(O)c1ccc2ccoc2c1. The first kappa shape index (κ1) is 6.91. The van der Waals surface area contributed by atoms with Crippen molar-refractivity contribution in [3.63, 3.8) is 0 Å². The van der Waals surface area contributed by atoms with Gasteiger partial charge in [-0.05, 0) is 18.2 Å². The van der Waals surface area contributed by atoms with Crippen LogP contribution in [-0.2, 0) is 0 Å². The van der Waals surface area contributed by atoms with Crippen molar-refractivity contribution < 1.29 is 14.3 Å². The van der Waals surface area contributed by atoms with E-state index in [9.17, 15) is 4.79 Å². The lowest BCUT2D eigenvalue weighted by atomic mass is 10.2. The number of hydrogen-bond donors (Lipinski definition) is 1. The average Bonchev–Trinajstić information content (AvgIpc) is 2.49. The van der Waals surface area contributed by atoms with Gasteiger partial charge >= 0.3 is 5.97 Å². The first-order chi connectivity index (χ1) is 5.77. The maximum absolute atomic E-state index is 10.5. The minimum absolute atomic E-state index is 0.248. The quantitative estimate of drug-likeness (QED) is 0.698. The van der Waals surface area contributed by atoms with Crippen molar-refractivity contribution in [2.75, 3.05) is 0 Å². The van der Waals surface area contributed by atoms with Gasteiger partial charge in [-0.2, -0.15) is 0 Å². The van der Waals surface area contributed by atoms with Crippen LogP contribution in [0.15, 0.2) is 34.9 Å². The summed E-state index contributed by atoms with van der Waals surface area (Å²) in [6, 6.07) is 6.58. The average molecular weight is 162 g/mol. The molecule has 1 aromatic heterocycles. The Kier molecular flexibility index (Phi) is 1.37. The number of benzene rings is 1. The van der Waals surface area contributed by atoms with Crippen LogP contribution in [0.4, 0.5) is 0 Å². The van der Waals surface area contributed by atoms with E-state index in [0.29, 0.717) is 5.58 Å². The second kappa shape index (κ2) is 2.37. The van der Waals surface area contributed by atoms with Gasteiger partial charge in [-0.25, -0.2) is 4.79 Å². The van der Waals surface area contributed by atoms with E-state index in [4.69, 9.17) is 9.52 Å². The third-order valence-corrected chi connectivity index (χ3v) is 1.70. The fraction of sp³-hybridized carbons (Fsp3) is 0. The maximum atomic E-state index is 10.5. The molecule has 0 amide bonds. The normalized spacial score (nSPS) is 10.3. The van der Waals surface area contributed by atoms with Gasteiger partial charge in [0, 0.05) is 5.39 Å². The van der Waals surface area contributed by atoms with Crippen molar-refractivity contribution in [2.45, 2.75) is 0 Å². The highest BCUT2D eigenvalue weighted by molar-refractivity contribution is 5.92. The predicted octanol–water partition coefficient (Wildman–Crippen LogP) is 2.13. The molecule has 0 unspecified atom stereocenters. The van der Waals surface area contributed by atoms with Crippen LogP contribution in [0.25, 0.3) is 11.0 Å². The molecule has 0 fully saturated rings. The van der Waals surface area contributed by atoms with Gasteiger partial charge in [-0.15, -0.1) is 0 Å². The Morgan fingerprint density at radius 3 is 2.92 bits per heavy atom. The molecular formula is C9H6O3. The fourth-order valence-corrected chi connectivity index (χ4v) is 1.09. The number of rotatable bonds is 1. The molecule has 0 aliphatic heterocycles. The lowest BCUT2D eigenvalue weighted by molar-refractivity contribution is 0.0697. The van der Waals surface area contributed by atoms with E-state index in [2.05, 4.69) is 0 Å². The van der Waals surface area contributed by atoms with E-state index in [1.807, 2.05) is 0 Å². The molecule has 0 bridgehead atoms. The zero-order chi connectivity index (χ0) is 8.55. The Hall–Kier alpha value is -1.77. The molecule has 3 nitrogen and oxygen atoms in total. The molecule has 0 aliphatic carbocycles. The number of fused-ring (bicyclic) bond motifs is 1. The highest BCUT2D eigenvalue weighted by Gasteiger charge is 2.04. The van der Waals surface area contributed by atoms with Crippen LogP contribution >= 0.6 is 0 Å². The zero-order valence-electron chi connectivity index (χ0n) is 6.15. The van der Waals surface area contributed by atoms with E-state index in [1.165, 1.54) is 12.3 Å². The van der Waals surface area contributed by atoms with Crippen molar-refractivity contribution in [1.82, 2.24) is 0 Å². The largest absolute Gasteiger partial charge is 0.478 e. The minimum Gasteiger partial charge on any atom is -0.478 e. The van der Waals surface area contributed by atoms with Crippen molar-refractivity contribution in [3.8, 4) is 0 Å². The van der Waals surface area contributed by atoms with E-state index in [-0.39, 0.29) is 5.56 Å². The third kappa shape index (κ3) is 0.955. The van der Waals surface area contributed by atoms with Crippen molar-refractivity contribution >= 4 is 16.9 Å². The number of aromatic carboxylic acids is 1. The Balaban J connectivity index is 2.68. The molecule has 2 aromatic rings. The smallest absolute Gasteiger partial charge is 0.335 e. The number of carbonyl (C=O) groups is 1. The van der Waals surface area contributed by atoms with Crippen molar-refractivity contribution in [3.05, 3.63) is 36.1 Å². The highest BCUT2D eigenvalue weighted by atomic mass is 16.4. The molecule has 0 saturated carbocycles. The summed E-state index contributed by atoms with van der Waals surface area (Å²) in [5.74, 6) is -0.937. The first-order valence-corrected chi connectivity index (χ1v) is 3.48. The van der Waals surface area contributed by atoms with Crippen molar-refractivity contribution in [1.29, 1.82) is 0 Å². The topological polar surface area (TPSA) is 50.4 Å². The first-order valence-electron chi connectivity index (χ1n) is 3.48. The number of carboxylic acids is 1. The van der Waals surface area contributed by atoms with E-state index in [0.717, 1.165) is 5.39 Å². The number of furan rings is 1. The molecular weight excluding hydrogens is 156 g/mol. The summed E-state index contributed by atoms with van der Waals surface area (Å²) >= 11 is 0. The summed E-state index contributed by atoms with van der Waals surface area (Å²) in [5.41, 5.74) is 0.854. The lowest BCUT2D eigenvalue weighted by Gasteiger charge is -1.92. The van der Waals surface area contributed by atoms with Gasteiger partial charge in [0.15, 0.2) is 0 Å². The third-order valence-electron chi connectivity index (χ3n) is 1.70. The zero-order valence-corrected chi connectivity index (χ0v) is 6.15. The maximum Gasteiger partial charge on any atom is 0.335 e. The summed E-state index contributed by atoms with van der Waals surface area (Å²) in [4.78, 5) is 10.5. The molecule has 0 aliphatic rings. The van der Waals surface area contributed by atoms with Gasteiger partial charge in [-0.1, -0.05) is 6.07 Å². The standard InChI is InChI=1S/C9H6O3/c10-9(11)7-2-1-6-3-4-12-8(6)5-7/h1-5H,(H,10,11). The van der Waals surface area contributed by atoms with Crippen LogP contribution in [0.3, 0.4) is 0 Å². The Morgan fingerprint density at radius 2 is 2.17 bits per heavy atom. The molecule has 60 valence electrons. The van der Waals surface area contributed by atoms with Crippen LogP contribution < -0.4 is 0 Å². The molecule has 0 atom stereocenters. The second-order valence-electron chi connectivity index (χ2n) is 2.48. The minimum atomic E-state index is -0.937. The highest BCUT2D eigenvalue weighted by Crippen LogP contribution is 2.16. The molecule has 2 rings (SSSR count). The van der Waals surface area contributed by atoms with Gasteiger partial charge < -0.3 is 9.52 Å². The molecule has 0 spiro atoms. The van der Waals surface area contributed by atoms with Crippen LogP contribution in [0.1, 0.15) is 10.4 Å². The molecule has 0 radical (unpaired) electrons. The van der Waals surface area contributed by atoms with Crippen molar-refractivity contribution in [2.24, 2.45) is 0 Å². The van der Waals surface area contributed by atoms with Gasteiger partial charge in [0.1, 0.15) is 5.58 Å². The summed E-state index contributed by atoms with van der Waals surface area (Å²) in [6.07, 6.45) is 1.54. The number of carboxylic acid groups (broad SMARTS) is 1. The second-order valence-corrected chi connectivity index (χ2v) is 2.48. The number of hydrogen-bond acceptors (Lipinski definition) is 2. The summed E-state index contributed by atoms with van der Waals surface area (Å²) < 4.78 is 5.05. The molecule has 1 aromatic carbocycles. The van der Waals surface area contributed by atoms with E-state index < -0.39 is 5.97 Å². The van der Waals surface area contributed by atoms with Crippen LogP contribution in [0, 0.1) is 0 Å². The summed E-state index contributed by atoms with van der Waals surface area (Å²) in [5, 5.41) is 9.56.